The van der Waals surface area contributed by atoms with Crippen LogP contribution in [0.2, 0.25) is 0 Å². The van der Waals surface area contributed by atoms with E-state index in [1.807, 2.05) is 0 Å². The third kappa shape index (κ3) is 21.4. The molecule has 9 aliphatic rings. The number of hydrogen-bond donors (Lipinski definition) is 30. The van der Waals surface area contributed by atoms with E-state index in [9.17, 15) is 157 Å². The maximum absolute atomic E-state index is 13.2. The Morgan fingerprint density at radius 2 is 0.744 bits per heavy atom. The number of carbonyl (C=O) groups excluding carboxylic acids is 4. The van der Waals surface area contributed by atoms with Crippen LogP contribution in [-0.2, 0) is 104 Å². The number of hydrogen-bond acceptors (Lipinski definition) is 47. The number of rotatable bonds is 31. The SMILES string of the molecule is CC(=O)N[C@@H]1[C@@H](O)[C@H](O[C@@H]2O[C@H](CO)[C@@H](O[C@@H]3O[C@H](CO[C@H]4O[C@H](CO)[C@@H](O)[C@H](O)[C@@H]4O[C@@H]4O[C@H](CO)[C@@H](O[C@@H]5O[C@H](CO)[C@H](O)[C@H](O[C@]6(C(=O)O)C[C@H](O)[C@@H](NC(C)=O)[C@H]([C@H](O)[C@H](O)CO)O6)[C@H]5O)[C@H](O)[C@H]4NC(C)=O)[C@@H](O)[C@H](O[C@H]4O[C@H](CO)[C@@H](O)[C@H](O)[C@@H]4O)[C@@H]3O)[C@H](O)[C@H]2NC(C)=O)[C@@H](CO[C@H]2O[C@H](C)[C@H](O)[C@H](O)[C@H]2O)O[C@H]1O. The number of carboxylic acids is 1. The van der Waals surface area contributed by atoms with Gasteiger partial charge in [-0.15, -0.1) is 0 Å². The molecule has 0 aromatic rings. The van der Waals surface area contributed by atoms with Gasteiger partial charge >= 0.3 is 5.97 Å². The molecule has 9 heterocycles. The first-order chi connectivity index (χ1) is 55.1. The van der Waals surface area contributed by atoms with Crippen molar-refractivity contribution in [2.45, 2.75) is 323 Å². The predicted molar refractivity (Wildman–Crippen MR) is 359 cm³/mol. The predicted octanol–water partition coefficient (Wildman–Crippen LogP) is -19.8. The lowest BCUT2D eigenvalue weighted by Crippen LogP contribution is -2.71. The molecule has 9 aliphatic heterocycles. The number of aliphatic hydroxyl groups is 25. The molecule has 30 N–H and O–H groups in total. The van der Waals surface area contributed by atoms with Crippen LogP contribution in [-0.4, -0.2) is 497 Å². The van der Waals surface area contributed by atoms with Crippen molar-refractivity contribution in [1.29, 1.82) is 0 Å². The van der Waals surface area contributed by atoms with Gasteiger partial charge in [0.05, 0.1) is 71.1 Å². The van der Waals surface area contributed by atoms with Crippen molar-refractivity contribution in [2.24, 2.45) is 0 Å². The summed E-state index contributed by atoms with van der Waals surface area (Å²) in [6.07, 6.45) is -87.2. The second-order valence-electron chi connectivity index (χ2n) is 29.6. The third-order valence-corrected chi connectivity index (χ3v) is 21.3. The normalized spacial score (nSPS) is 47.9. The minimum atomic E-state index is -3.28. The number of carbonyl (C=O) groups is 5. The summed E-state index contributed by atoms with van der Waals surface area (Å²) in [6.45, 7) is -3.93. The highest BCUT2D eigenvalue weighted by atomic mass is 16.8. The summed E-state index contributed by atoms with van der Waals surface area (Å²) in [4.78, 5) is 63.9. The number of aliphatic hydroxyl groups excluding tert-OH is 25. The maximum atomic E-state index is 13.2. The van der Waals surface area contributed by atoms with Gasteiger partial charge in [-0.3, -0.25) is 19.2 Å². The number of aliphatic carboxylic acids is 1. The first-order valence-electron chi connectivity index (χ1n) is 37.1. The van der Waals surface area contributed by atoms with Gasteiger partial charge in [0.2, 0.25) is 23.6 Å². The largest absolute Gasteiger partial charge is 0.477 e. The standard InChI is InChI=1S/C65H108N4O48/c1-15-33(82)42(91)45(94)59(103-15)101-14-28-51(39(88)30(56(98)104-28)67-17(3)77)111-57-31(68-18(4)78)40(89)49(25(11-74)108-57)112-61-47(96)53(114-60-46(95)43(92)35(84)22(8-71)105-60)38(87)27(110-61)13-102-63-55(44(93)36(85)23(9-72)107-63)115-58-32(69-19(5)79)41(90)50(26(12-75)109-58)113-62-48(97)54(37(86)24(10-73)106-62)117-65(64(99)100)6-20(80)29(66-16(2)76)52(116-65)34(83)21(81)7-70/h15,20-63,70-75,80-98H,6-14H2,1-5H3,(H,66,76)(H,67,77)(H,68,78)(H,69,79)(H,99,100)/t15-,20+,21-,22-,23-,24-,25-,26-,27-,28-,29-,30-,31-,32-,33+,34-,35-,36-,37+,38-,39-,40-,41-,42+,43+,44+,45-,46+,47+,48-,49-,50-,51-,52-,53+,54+,55+,56-,57+,58+,59+,60-,61+,62+,63+,65+/m1/s1. The highest BCUT2D eigenvalue weighted by Gasteiger charge is 2.63. The molecule has 9 fully saturated rings. The van der Waals surface area contributed by atoms with Crippen molar-refractivity contribution in [1.82, 2.24) is 21.3 Å². The third-order valence-electron chi connectivity index (χ3n) is 21.3. The zero-order valence-corrected chi connectivity index (χ0v) is 63.0. The summed E-state index contributed by atoms with van der Waals surface area (Å²) >= 11 is 0. The molecule has 0 radical (unpaired) electrons. The van der Waals surface area contributed by atoms with E-state index in [4.69, 9.17) is 80.5 Å². The first-order valence-corrected chi connectivity index (χ1v) is 37.1. The molecule has 0 bridgehead atoms. The van der Waals surface area contributed by atoms with Gasteiger partial charge in [-0.25, -0.2) is 4.79 Å². The van der Waals surface area contributed by atoms with Crippen molar-refractivity contribution < 1.29 is 237 Å². The minimum absolute atomic E-state index is 0.824. The lowest BCUT2D eigenvalue weighted by molar-refractivity contribution is -0.393. The molecule has 0 unspecified atom stereocenters. The average Bonchev–Trinajstić information content (AvgIpc) is 0.806. The lowest BCUT2D eigenvalue weighted by atomic mass is 9.88. The smallest absolute Gasteiger partial charge is 0.364 e. The molecular formula is C65H108N4O48. The van der Waals surface area contributed by atoms with Crippen LogP contribution in [0.5, 0.6) is 0 Å². The summed E-state index contributed by atoms with van der Waals surface area (Å²) in [7, 11) is 0. The quantitative estimate of drug-likeness (QED) is 0.0306. The summed E-state index contributed by atoms with van der Waals surface area (Å²) in [5.74, 6) is -9.08. The zero-order valence-electron chi connectivity index (χ0n) is 63.0. The van der Waals surface area contributed by atoms with E-state index >= 15 is 0 Å². The van der Waals surface area contributed by atoms with Gasteiger partial charge in [0.25, 0.3) is 5.79 Å². The molecule has 0 aliphatic carbocycles. The Hall–Kier alpha value is -4.33. The van der Waals surface area contributed by atoms with E-state index in [2.05, 4.69) is 21.3 Å². The molecule has 0 saturated carbocycles. The van der Waals surface area contributed by atoms with E-state index < -0.39 is 371 Å². The number of amides is 4. The second-order valence-corrected chi connectivity index (χ2v) is 29.6. The monoisotopic (exact) mass is 1710 g/mol. The topological polar surface area (TPSA) is 816 Å². The maximum Gasteiger partial charge on any atom is 0.364 e. The molecule has 46 atom stereocenters. The molecule has 52 heteroatoms. The summed E-state index contributed by atoms with van der Waals surface area (Å²) < 4.78 is 99.8. The Kier molecular flexibility index (Phi) is 34.2. The van der Waals surface area contributed by atoms with Gasteiger partial charge in [-0.2, -0.15) is 0 Å². The van der Waals surface area contributed by atoms with Crippen molar-refractivity contribution in [3.8, 4) is 0 Å². The Balaban J connectivity index is 0.977. The van der Waals surface area contributed by atoms with Crippen LogP contribution < -0.4 is 21.3 Å². The Labute approximate surface area is 662 Å². The van der Waals surface area contributed by atoms with Gasteiger partial charge < -0.3 is 235 Å². The van der Waals surface area contributed by atoms with Gasteiger partial charge in [0, 0.05) is 34.1 Å². The van der Waals surface area contributed by atoms with Gasteiger partial charge in [-0.05, 0) is 6.92 Å². The fourth-order valence-corrected chi connectivity index (χ4v) is 15.0. The summed E-state index contributed by atoms with van der Waals surface area (Å²) in [5.41, 5.74) is 0. The van der Waals surface area contributed by atoms with Gasteiger partial charge in [0.15, 0.2) is 50.3 Å². The number of ether oxygens (including phenoxy) is 17. The van der Waals surface area contributed by atoms with E-state index in [0.29, 0.717) is 0 Å². The summed E-state index contributed by atoms with van der Waals surface area (Å²) in [6, 6.07) is -7.45. The molecule has 117 heavy (non-hydrogen) atoms. The Morgan fingerprint density at radius 1 is 0.368 bits per heavy atom. The first kappa shape index (κ1) is 96.5. The van der Waals surface area contributed by atoms with Gasteiger partial charge in [-0.1, -0.05) is 0 Å². The van der Waals surface area contributed by atoms with Crippen LogP contribution in [0.25, 0.3) is 0 Å². The van der Waals surface area contributed by atoms with Crippen molar-refractivity contribution >= 4 is 29.6 Å². The van der Waals surface area contributed by atoms with E-state index in [1.54, 1.807) is 0 Å². The second kappa shape index (κ2) is 41.4. The molecule has 0 spiro atoms. The molecule has 9 saturated heterocycles. The lowest BCUT2D eigenvalue weighted by Gasteiger charge is -2.51. The zero-order chi connectivity index (χ0) is 86.6. The highest BCUT2D eigenvalue weighted by Crippen LogP contribution is 2.42. The number of nitrogens with one attached hydrogen (secondary N) is 4. The molecular weight excluding hydrogens is 1600 g/mol. The van der Waals surface area contributed by atoms with Crippen molar-refractivity contribution in [3.05, 3.63) is 0 Å². The van der Waals surface area contributed by atoms with Crippen LogP contribution in [0.4, 0.5) is 0 Å². The Morgan fingerprint density at radius 3 is 1.25 bits per heavy atom. The summed E-state index contributed by atoms with van der Waals surface area (Å²) in [5, 5.41) is 298. The van der Waals surface area contributed by atoms with Crippen LogP contribution in [0.3, 0.4) is 0 Å². The van der Waals surface area contributed by atoms with Crippen LogP contribution >= 0.6 is 0 Å². The van der Waals surface area contributed by atoms with Crippen LogP contribution in [0, 0.1) is 0 Å². The molecule has 52 nitrogen and oxygen atoms in total. The fraction of sp³-hybridized carbons (Fsp3) is 0.923. The molecule has 676 valence electrons. The highest BCUT2D eigenvalue weighted by molar-refractivity contribution is 5.77. The fourth-order valence-electron chi connectivity index (χ4n) is 15.0. The van der Waals surface area contributed by atoms with E-state index in [0.717, 1.165) is 27.7 Å². The van der Waals surface area contributed by atoms with Crippen LogP contribution in [0.1, 0.15) is 41.0 Å². The van der Waals surface area contributed by atoms with Crippen LogP contribution in [0.15, 0.2) is 0 Å². The average molecular weight is 1710 g/mol. The van der Waals surface area contributed by atoms with E-state index in [-0.39, 0.29) is 0 Å². The molecule has 4 amide bonds. The van der Waals surface area contributed by atoms with Crippen molar-refractivity contribution in [3.63, 3.8) is 0 Å². The van der Waals surface area contributed by atoms with Crippen molar-refractivity contribution in [2.75, 3.05) is 52.9 Å². The molecule has 0 aromatic carbocycles. The minimum Gasteiger partial charge on any atom is -0.477 e. The molecule has 9 rings (SSSR count). The molecule has 0 aromatic heterocycles. The van der Waals surface area contributed by atoms with E-state index in [1.165, 1.54) is 6.92 Å². The number of carboxylic acid groups (broad SMARTS) is 1. The van der Waals surface area contributed by atoms with Gasteiger partial charge in [0.1, 0.15) is 207 Å². The Bertz CT molecular complexity index is 3190.